The van der Waals surface area contributed by atoms with Crippen LogP contribution in [0.5, 0.6) is 0 Å². The van der Waals surface area contributed by atoms with Crippen molar-refractivity contribution in [1.29, 1.82) is 0 Å². The Kier molecular flexibility index (Phi) is 4.44. The molecule has 0 unspecified atom stereocenters. The number of carbonyl (C=O) groups excluding carboxylic acids is 1. The Morgan fingerprint density at radius 3 is 2.90 bits per heavy atom. The van der Waals surface area contributed by atoms with Crippen LogP contribution in [0.25, 0.3) is 0 Å². The van der Waals surface area contributed by atoms with Crippen molar-refractivity contribution >= 4 is 15.9 Å². The first kappa shape index (κ1) is 15.0. The van der Waals surface area contributed by atoms with Crippen molar-refractivity contribution in [3.63, 3.8) is 0 Å². The third kappa shape index (κ3) is 3.80. The summed E-state index contributed by atoms with van der Waals surface area (Å²) in [5.74, 6) is 0.373. The number of nitrogens with zero attached hydrogens (tertiary/aromatic N) is 2. The first-order chi connectivity index (χ1) is 9.37. The number of nitrogens with one attached hydrogen (secondary N) is 1. The molecule has 0 aromatic carbocycles. The second-order valence-electron chi connectivity index (χ2n) is 5.09. The van der Waals surface area contributed by atoms with Crippen LogP contribution in [0.3, 0.4) is 0 Å². The molecule has 1 aliphatic rings. The molecule has 8 heteroatoms. The van der Waals surface area contributed by atoms with E-state index in [1.54, 1.807) is 17.9 Å². The first-order valence-electron chi connectivity index (χ1n) is 6.56. The Morgan fingerprint density at radius 1 is 1.55 bits per heavy atom. The molecule has 20 heavy (non-hydrogen) atoms. The molecular weight excluding hydrogens is 282 g/mol. The smallest absolute Gasteiger partial charge is 0.276 e. The number of amides is 1. The van der Waals surface area contributed by atoms with Crippen molar-refractivity contribution in [3.05, 3.63) is 17.5 Å². The molecule has 1 atom stereocenters. The third-order valence-corrected chi connectivity index (χ3v) is 4.01. The zero-order valence-corrected chi connectivity index (χ0v) is 12.4. The molecule has 112 valence electrons. The van der Waals surface area contributed by atoms with Gasteiger partial charge in [0.15, 0.2) is 5.69 Å². The van der Waals surface area contributed by atoms with E-state index in [1.165, 1.54) is 0 Å². The number of sulfonamides is 1. The van der Waals surface area contributed by atoms with Gasteiger partial charge in [0.1, 0.15) is 5.76 Å². The fourth-order valence-corrected chi connectivity index (χ4v) is 2.84. The topological polar surface area (TPSA) is 92.5 Å². The van der Waals surface area contributed by atoms with E-state index in [4.69, 9.17) is 4.52 Å². The summed E-state index contributed by atoms with van der Waals surface area (Å²) < 4.78 is 29.7. The van der Waals surface area contributed by atoms with Crippen molar-refractivity contribution < 1.29 is 17.7 Å². The second kappa shape index (κ2) is 5.92. The fraction of sp³-hybridized carbons (Fsp3) is 0.667. The van der Waals surface area contributed by atoms with Gasteiger partial charge in [-0.15, -0.1) is 0 Å². The Labute approximate surface area is 118 Å². The summed E-state index contributed by atoms with van der Waals surface area (Å²) in [6.07, 6.45) is 3.80. The van der Waals surface area contributed by atoms with Crippen molar-refractivity contribution in [1.82, 2.24) is 14.8 Å². The Bertz CT molecular complexity index is 581. The molecule has 2 rings (SSSR count). The molecule has 0 aliphatic carbocycles. The van der Waals surface area contributed by atoms with Crippen molar-refractivity contribution in [2.24, 2.45) is 0 Å². The van der Waals surface area contributed by atoms with E-state index in [-0.39, 0.29) is 24.2 Å². The highest BCUT2D eigenvalue weighted by molar-refractivity contribution is 7.88. The van der Waals surface area contributed by atoms with E-state index in [2.05, 4.69) is 9.88 Å². The summed E-state index contributed by atoms with van der Waals surface area (Å²) in [7, 11) is -3.26. The molecule has 0 radical (unpaired) electrons. The average Bonchev–Trinajstić information content (AvgIpc) is 2.82. The molecule has 0 saturated carbocycles. The van der Waals surface area contributed by atoms with E-state index in [0.717, 1.165) is 25.5 Å². The van der Waals surface area contributed by atoms with E-state index < -0.39 is 10.0 Å². The van der Waals surface area contributed by atoms with Crippen LogP contribution in [0, 0.1) is 6.92 Å². The molecule has 1 aliphatic heterocycles. The quantitative estimate of drug-likeness (QED) is 0.875. The lowest BCUT2D eigenvalue weighted by Gasteiger charge is -2.35. The van der Waals surface area contributed by atoms with Gasteiger partial charge in [-0.2, -0.15) is 0 Å². The van der Waals surface area contributed by atoms with E-state index in [1.807, 2.05) is 0 Å². The lowest BCUT2D eigenvalue weighted by atomic mass is 10.0. The maximum absolute atomic E-state index is 12.4. The number of piperidine rings is 1. The second-order valence-corrected chi connectivity index (χ2v) is 6.92. The lowest BCUT2D eigenvalue weighted by molar-refractivity contribution is 0.0608. The van der Waals surface area contributed by atoms with Crippen molar-refractivity contribution in [2.75, 3.05) is 19.3 Å². The van der Waals surface area contributed by atoms with Gasteiger partial charge < -0.3 is 9.42 Å². The largest absolute Gasteiger partial charge is 0.361 e. The van der Waals surface area contributed by atoms with Gasteiger partial charge in [0.05, 0.1) is 6.26 Å². The maximum Gasteiger partial charge on any atom is 0.276 e. The normalized spacial score (nSPS) is 20.1. The number of likely N-dealkylation sites (tertiary alicyclic amines) is 1. The average molecular weight is 301 g/mol. The van der Waals surface area contributed by atoms with Gasteiger partial charge in [-0.3, -0.25) is 4.79 Å². The molecule has 0 bridgehead atoms. The van der Waals surface area contributed by atoms with Crippen LogP contribution in [-0.4, -0.2) is 49.8 Å². The van der Waals surface area contributed by atoms with E-state index >= 15 is 0 Å². The van der Waals surface area contributed by atoms with Gasteiger partial charge in [-0.25, -0.2) is 13.1 Å². The molecule has 1 N–H and O–H groups in total. The molecule has 2 heterocycles. The monoisotopic (exact) mass is 301 g/mol. The van der Waals surface area contributed by atoms with Gasteiger partial charge >= 0.3 is 0 Å². The highest BCUT2D eigenvalue weighted by Crippen LogP contribution is 2.19. The zero-order chi connectivity index (χ0) is 14.8. The van der Waals surface area contributed by atoms with Gasteiger partial charge in [-0.1, -0.05) is 5.16 Å². The minimum Gasteiger partial charge on any atom is -0.361 e. The zero-order valence-electron chi connectivity index (χ0n) is 11.6. The molecule has 1 saturated heterocycles. The number of rotatable bonds is 4. The predicted molar refractivity (Wildman–Crippen MR) is 72.8 cm³/mol. The molecule has 0 spiro atoms. The number of hydrogen-bond acceptors (Lipinski definition) is 5. The van der Waals surface area contributed by atoms with Crippen LogP contribution < -0.4 is 4.72 Å². The maximum atomic E-state index is 12.4. The van der Waals surface area contributed by atoms with Crippen LogP contribution in [0.1, 0.15) is 35.5 Å². The minimum atomic E-state index is -3.26. The standard InChI is InChI=1S/C12H19N3O4S/c1-9-7-11(14-19-9)12(16)15-6-4-3-5-10(15)8-13-20(2,17)18/h7,10,13H,3-6,8H2,1-2H3/t10-/m1/s1. The fourth-order valence-electron chi connectivity index (χ4n) is 2.34. The third-order valence-electron chi connectivity index (χ3n) is 3.32. The molecule has 1 fully saturated rings. The summed E-state index contributed by atoms with van der Waals surface area (Å²) in [6.45, 7) is 2.57. The Morgan fingerprint density at radius 2 is 2.30 bits per heavy atom. The highest BCUT2D eigenvalue weighted by atomic mass is 32.2. The van der Waals surface area contributed by atoms with E-state index in [9.17, 15) is 13.2 Å². The molecular formula is C12H19N3O4S. The van der Waals surface area contributed by atoms with Crippen LogP contribution in [-0.2, 0) is 10.0 Å². The number of aryl methyl sites for hydroxylation is 1. The SMILES string of the molecule is Cc1cc(C(=O)N2CCCC[C@@H]2CNS(C)(=O)=O)no1. The van der Waals surface area contributed by atoms with E-state index in [0.29, 0.717) is 12.3 Å². The van der Waals surface area contributed by atoms with Gasteiger partial charge in [0.25, 0.3) is 5.91 Å². The summed E-state index contributed by atoms with van der Waals surface area (Å²) >= 11 is 0. The first-order valence-corrected chi connectivity index (χ1v) is 8.45. The Balaban J connectivity index is 2.08. The molecule has 7 nitrogen and oxygen atoms in total. The molecule has 1 aromatic heterocycles. The van der Waals surface area contributed by atoms with Gasteiger partial charge in [0.2, 0.25) is 10.0 Å². The number of aromatic nitrogens is 1. The number of carbonyl (C=O) groups is 1. The summed E-state index contributed by atoms with van der Waals surface area (Å²) in [5, 5.41) is 3.73. The summed E-state index contributed by atoms with van der Waals surface area (Å²) in [6, 6.07) is 1.46. The van der Waals surface area contributed by atoms with Crippen LogP contribution in [0.2, 0.25) is 0 Å². The van der Waals surface area contributed by atoms with Gasteiger partial charge in [0, 0.05) is 25.2 Å². The van der Waals surface area contributed by atoms with Gasteiger partial charge in [-0.05, 0) is 26.2 Å². The van der Waals surface area contributed by atoms with Crippen molar-refractivity contribution in [2.45, 2.75) is 32.2 Å². The lowest BCUT2D eigenvalue weighted by Crippen LogP contribution is -2.49. The summed E-state index contributed by atoms with van der Waals surface area (Å²) in [5.41, 5.74) is 0.272. The van der Waals surface area contributed by atoms with Crippen LogP contribution in [0.15, 0.2) is 10.6 Å². The highest BCUT2D eigenvalue weighted by Gasteiger charge is 2.29. The molecule has 1 amide bonds. The van der Waals surface area contributed by atoms with Crippen molar-refractivity contribution in [3.8, 4) is 0 Å². The minimum absolute atomic E-state index is 0.136. The van der Waals surface area contributed by atoms with Crippen LogP contribution in [0.4, 0.5) is 0 Å². The Hall–Kier alpha value is -1.41. The number of hydrogen-bond donors (Lipinski definition) is 1. The molecule has 1 aromatic rings. The van der Waals surface area contributed by atoms with Crippen LogP contribution >= 0.6 is 0 Å². The predicted octanol–water partition coefficient (Wildman–Crippen LogP) is 0.527. The summed E-state index contributed by atoms with van der Waals surface area (Å²) in [4.78, 5) is 14.1.